The van der Waals surface area contributed by atoms with Crippen molar-refractivity contribution in [2.45, 2.75) is 13.0 Å². The molecule has 0 spiro atoms. The summed E-state index contributed by atoms with van der Waals surface area (Å²) >= 11 is 6.12. The van der Waals surface area contributed by atoms with Gasteiger partial charge in [-0.15, -0.1) is 0 Å². The first-order valence-electron chi connectivity index (χ1n) is 5.28. The first-order chi connectivity index (χ1) is 8.09. The van der Waals surface area contributed by atoms with E-state index in [9.17, 15) is 9.50 Å². The molecule has 2 aromatic carbocycles. The highest BCUT2D eigenvalue weighted by atomic mass is 35.5. The van der Waals surface area contributed by atoms with Crippen LogP contribution in [0.5, 0.6) is 0 Å². The number of hydrogen-bond acceptors (Lipinski definition) is 1. The van der Waals surface area contributed by atoms with Crippen molar-refractivity contribution < 1.29 is 9.50 Å². The van der Waals surface area contributed by atoms with E-state index in [0.717, 1.165) is 5.56 Å². The lowest BCUT2D eigenvalue weighted by Gasteiger charge is -2.14. The van der Waals surface area contributed by atoms with Gasteiger partial charge in [0.2, 0.25) is 0 Å². The van der Waals surface area contributed by atoms with Crippen molar-refractivity contribution in [3.05, 3.63) is 70.0 Å². The number of aliphatic hydroxyl groups is 1. The van der Waals surface area contributed by atoms with Crippen LogP contribution in [0.1, 0.15) is 22.8 Å². The molecule has 17 heavy (non-hydrogen) atoms. The Labute approximate surface area is 104 Å². The zero-order chi connectivity index (χ0) is 12.4. The molecule has 0 heterocycles. The van der Waals surface area contributed by atoms with Gasteiger partial charge in [0.05, 0.1) is 0 Å². The molecule has 0 aromatic heterocycles. The zero-order valence-corrected chi connectivity index (χ0v) is 10.1. The van der Waals surface area contributed by atoms with E-state index in [4.69, 9.17) is 11.6 Å². The van der Waals surface area contributed by atoms with Crippen LogP contribution >= 0.6 is 11.6 Å². The molecule has 0 saturated heterocycles. The lowest BCUT2D eigenvalue weighted by atomic mass is 10.00. The molecular formula is C14H12ClFO. The van der Waals surface area contributed by atoms with Gasteiger partial charge in [0.25, 0.3) is 0 Å². The first-order valence-corrected chi connectivity index (χ1v) is 5.66. The molecule has 1 atom stereocenters. The van der Waals surface area contributed by atoms with Crippen LogP contribution in [0.3, 0.4) is 0 Å². The molecule has 88 valence electrons. The first kappa shape index (κ1) is 12.1. The van der Waals surface area contributed by atoms with Crippen LogP contribution < -0.4 is 0 Å². The van der Waals surface area contributed by atoms with E-state index in [2.05, 4.69) is 0 Å². The molecule has 0 amide bonds. The topological polar surface area (TPSA) is 20.2 Å². The fourth-order valence-corrected chi connectivity index (χ4v) is 1.97. The molecule has 0 aliphatic heterocycles. The number of halogens is 2. The maximum Gasteiger partial charge on any atom is 0.123 e. The van der Waals surface area contributed by atoms with Crippen molar-refractivity contribution in [1.29, 1.82) is 0 Å². The third-order valence-corrected chi connectivity index (χ3v) is 3.20. The van der Waals surface area contributed by atoms with Crippen LogP contribution in [-0.2, 0) is 0 Å². The lowest BCUT2D eigenvalue weighted by molar-refractivity contribution is 0.220. The number of rotatable bonds is 2. The highest BCUT2D eigenvalue weighted by Crippen LogP contribution is 2.30. The van der Waals surface area contributed by atoms with E-state index in [0.29, 0.717) is 16.1 Å². The maximum absolute atomic E-state index is 13.1. The third kappa shape index (κ3) is 2.48. The SMILES string of the molecule is Cc1cccc(C(O)c2cccc(F)c2)c1Cl. The molecule has 2 aromatic rings. The summed E-state index contributed by atoms with van der Waals surface area (Å²) in [7, 11) is 0. The standard InChI is InChI=1S/C14H12ClFO/c1-9-4-2-7-12(13(9)15)14(17)10-5-3-6-11(16)8-10/h2-8,14,17H,1H3. The van der Waals surface area contributed by atoms with Crippen LogP contribution in [0.2, 0.25) is 5.02 Å². The molecule has 3 heteroatoms. The summed E-state index contributed by atoms with van der Waals surface area (Å²) in [5.41, 5.74) is 1.98. The van der Waals surface area contributed by atoms with Crippen molar-refractivity contribution >= 4 is 11.6 Å². The Balaban J connectivity index is 2.44. The van der Waals surface area contributed by atoms with Crippen LogP contribution in [0.15, 0.2) is 42.5 Å². The van der Waals surface area contributed by atoms with Gasteiger partial charge in [0.15, 0.2) is 0 Å². The fourth-order valence-electron chi connectivity index (χ4n) is 1.74. The molecule has 1 N–H and O–H groups in total. The van der Waals surface area contributed by atoms with E-state index in [-0.39, 0.29) is 5.82 Å². The Hall–Kier alpha value is -1.38. The van der Waals surface area contributed by atoms with Gasteiger partial charge in [-0.05, 0) is 30.2 Å². The highest BCUT2D eigenvalue weighted by molar-refractivity contribution is 6.32. The molecule has 1 nitrogen and oxygen atoms in total. The van der Waals surface area contributed by atoms with Crippen LogP contribution in [-0.4, -0.2) is 5.11 Å². The summed E-state index contributed by atoms with van der Waals surface area (Å²) in [6.45, 7) is 1.87. The van der Waals surface area contributed by atoms with Crippen molar-refractivity contribution in [1.82, 2.24) is 0 Å². The molecule has 0 fully saturated rings. The zero-order valence-electron chi connectivity index (χ0n) is 9.32. The predicted molar refractivity (Wildman–Crippen MR) is 66.7 cm³/mol. The molecular weight excluding hydrogens is 239 g/mol. The van der Waals surface area contributed by atoms with Crippen molar-refractivity contribution in [3.8, 4) is 0 Å². The number of benzene rings is 2. The highest BCUT2D eigenvalue weighted by Gasteiger charge is 2.15. The van der Waals surface area contributed by atoms with Crippen LogP contribution in [0, 0.1) is 12.7 Å². The average Bonchev–Trinajstić information content (AvgIpc) is 2.32. The Kier molecular flexibility index (Phi) is 3.46. The number of aliphatic hydroxyl groups excluding tert-OH is 1. The van der Waals surface area contributed by atoms with Gasteiger partial charge in [-0.3, -0.25) is 0 Å². The second kappa shape index (κ2) is 4.86. The van der Waals surface area contributed by atoms with Gasteiger partial charge in [-0.1, -0.05) is 41.9 Å². The summed E-state index contributed by atoms with van der Waals surface area (Å²) in [5, 5.41) is 10.7. The summed E-state index contributed by atoms with van der Waals surface area (Å²) in [6, 6.07) is 11.3. The molecule has 0 saturated carbocycles. The fraction of sp³-hybridized carbons (Fsp3) is 0.143. The van der Waals surface area contributed by atoms with Gasteiger partial charge in [-0.25, -0.2) is 4.39 Å². The quantitative estimate of drug-likeness (QED) is 0.858. The van der Waals surface area contributed by atoms with Crippen molar-refractivity contribution in [2.75, 3.05) is 0 Å². The average molecular weight is 251 g/mol. The summed E-state index contributed by atoms with van der Waals surface area (Å²) in [5.74, 6) is -0.370. The van der Waals surface area contributed by atoms with Gasteiger partial charge < -0.3 is 5.11 Å². The second-order valence-corrected chi connectivity index (χ2v) is 4.31. The normalized spacial score (nSPS) is 12.5. The third-order valence-electron chi connectivity index (χ3n) is 2.68. The summed E-state index contributed by atoms with van der Waals surface area (Å²) < 4.78 is 13.1. The minimum atomic E-state index is -0.905. The summed E-state index contributed by atoms with van der Waals surface area (Å²) in [6.07, 6.45) is -0.905. The molecule has 0 radical (unpaired) electrons. The van der Waals surface area contributed by atoms with Crippen molar-refractivity contribution in [3.63, 3.8) is 0 Å². The van der Waals surface area contributed by atoms with E-state index in [1.54, 1.807) is 18.2 Å². The molecule has 0 aliphatic rings. The van der Waals surface area contributed by atoms with Crippen molar-refractivity contribution in [2.24, 2.45) is 0 Å². The van der Waals surface area contributed by atoms with Gasteiger partial charge in [0, 0.05) is 10.6 Å². The predicted octanol–water partition coefficient (Wildman–Crippen LogP) is 3.87. The Morgan fingerprint density at radius 1 is 1.18 bits per heavy atom. The molecule has 0 aliphatic carbocycles. The van der Waals surface area contributed by atoms with Gasteiger partial charge in [-0.2, -0.15) is 0 Å². The smallest absolute Gasteiger partial charge is 0.123 e. The second-order valence-electron chi connectivity index (χ2n) is 3.94. The minimum absolute atomic E-state index is 0.370. The van der Waals surface area contributed by atoms with Crippen LogP contribution in [0.4, 0.5) is 4.39 Å². The van der Waals surface area contributed by atoms with E-state index in [1.165, 1.54) is 12.1 Å². The summed E-state index contributed by atoms with van der Waals surface area (Å²) in [4.78, 5) is 0. The molecule has 0 bridgehead atoms. The van der Waals surface area contributed by atoms with E-state index >= 15 is 0 Å². The van der Waals surface area contributed by atoms with Gasteiger partial charge >= 0.3 is 0 Å². The monoisotopic (exact) mass is 250 g/mol. The van der Waals surface area contributed by atoms with E-state index in [1.807, 2.05) is 19.1 Å². The molecule has 1 unspecified atom stereocenters. The Morgan fingerprint density at radius 3 is 2.59 bits per heavy atom. The van der Waals surface area contributed by atoms with Gasteiger partial charge in [0.1, 0.15) is 11.9 Å². The van der Waals surface area contributed by atoms with Crippen LogP contribution in [0.25, 0.3) is 0 Å². The number of hydrogen-bond donors (Lipinski definition) is 1. The number of aryl methyl sites for hydroxylation is 1. The Bertz CT molecular complexity index is 539. The maximum atomic E-state index is 13.1. The Morgan fingerprint density at radius 2 is 1.88 bits per heavy atom. The largest absolute Gasteiger partial charge is 0.384 e. The minimum Gasteiger partial charge on any atom is -0.384 e. The lowest BCUT2D eigenvalue weighted by Crippen LogP contribution is -2.01. The van der Waals surface area contributed by atoms with E-state index < -0.39 is 6.10 Å². The molecule has 2 rings (SSSR count).